The highest BCUT2D eigenvalue weighted by atomic mass is 16.5. The Morgan fingerprint density at radius 3 is 2.45 bits per heavy atom. The number of Topliss-reactive ketones (excluding diaryl/α,β-unsaturated/α-hetero) is 1. The molecule has 0 N–H and O–H groups in total. The van der Waals surface area contributed by atoms with Gasteiger partial charge in [0, 0.05) is 24.8 Å². The van der Waals surface area contributed by atoms with Crippen molar-refractivity contribution in [2.75, 3.05) is 44.2 Å². The van der Waals surface area contributed by atoms with Crippen molar-refractivity contribution in [3.05, 3.63) is 23.8 Å². The molecule has 4 heteroatoms. The van der Waals surface area contributed by atoms with Crippen molar-refractivity contribution in [2.45, 2.75) is 33.6 Å². The third-order valence-electron chi connectivity index (χ3n) is 4.26. The van der Waals surface area contributed by atoms with Crippen molar-refractivity contribution in [2.24, 2.45) is 0 Å². The Hall–Kier alpha value is -1.55. The fraction of sp³-hybridized carbons (Fsp3) is 0.611. The van der Waals surface area contributed by atoms with Gasteiger partial charge < -0.3 is 9.64 Å². The van der Waals surface area contributed by atoms with E-state index in [1.165, 1.54) is 12.8 Å². The van der Waals surface area contributed by atoms with Crippen molar-refractivity contribution >= 4 is 11.5 Å². The normalized spacial score (nSPS) is 15.0. The van der Waals surface area contributed by atoms with E-state index in [9.17, 15) is 4.79 Å². The van der Waals surface area contributed by atoms with Crippen LogP contribution in [0.15, 0.2) is 18.2 Å². The standard InChI is InChI=1S/C18H28N2O2/c1-4-20(5-2)15-9-10-16(18(13-15)22-6-3)17(21)14-19-11-7-8-12-19/h9-10,13H,4-8,11-12,14H2,1-3H3. The van der Waals surface area contributed by atoms with E-state index in [2.05, 4.69) is 23.6 Å². The fourth-order valence-electron chi connectivity index (χ4n) is 3.03. The minimum absolute atomic E-state index is 0.163. The van der Waals surface area contributed by atoms with E-state index < -0.39 is 0 Å². The summed E-state index contributed by atoms with van der Waals surface area (Å²) in [6.07, 6.45) is 2.40. The summed E-state index contributed by atoms with van der Waals surface area (Å²) < 4.78 is 5.74. The molecule has 0 spiro atoms. The predicted octanol–water partition coefficient (Wildman–Crippen LogP) is 3.21. The second kappa shape index (κ2) is 8.18. The van der Waals surface area contributed by atoms with Gasteiger partial charge in [-0.3, -0.25) is 9.69 Å². The Balaban J connectivity index is 2.19. The van der Waals surface area contributed by atoms with Gasteiger partial charge in [0.1, 0.15) is 5.75 Å². The Morgan fingerprint density at radius 2 is 1.86 bits per heavy atom. The molecule has 1 aliphatic rings. The van der Waals surface area contributed by atoms with Gasteiger partial charge in [0.15, 0.2) is 5.78 Å². The number of benzene rings is 1. The Bertz CT molecular complexity index is 492. The molecule has 1 fully saturated rings. The van der Waals surface area contributed by atoms with Crippen LogP contribution in [0.25, 0.3) is 0 Å². The van der Waals surface area contributed by atoms with Gasteiger partial charge in [0.05, 0.1) is 18.7 Å². The van der Waals surface area contributed by atoms with Crippen molar-refractivity contribution in [3.63, 3.8) is 0 Å². The zero-order valence-corrected chi connectivity index (χ0v) is 14.1. The summed E-state index contributed by atoms with van der Waals surface area (Å²) in [5.74, 6) is 0.882. The molecule has 2 rings (SSSR count). The lowest BCUT2D eigenvalue weighted by Gasteiger charge is -2.23. The van der Waals surface area contributed by atoms with E-state index in [4.69, 9.17) is 4.74 Å². The van der Waals surface area contributed by atoms with Crippen LogP contribution in [0.5, 0.6) is 5.75 Å². The molecule has 0 atom stereocenters. The van der Waals surface area contributed by atoms with Gasteiger partial charge in [-0.1, -0.05) is 0 Å². The summed E-state index contributed by atoms with van der Waals surface area (Å²) in [4.78, 5) is 17.1. The molecule has 0 radical (unpaired) electrons. The second-order valence-corrected chi connectivity index (χ2v) is 5.69. The molecular formula is C18H28N2O2. The van der Waals surface area contributed by atoms with Crippen LogP contribution < -0.4 is 9.64 Å². The number of hydrogen-bond donors (Lipinski definition) is 0. The first-order chi connectivity index (χ1) is 10.7. The summed E-state index contributed by atoms with van der Waals surface area (Å²) in [6, 6.07) is 5.97. The number of likely N-dealkylation sites (tertiary alicyclic amines) is 1. The van der Waals surface area contributed by atoms with Crippen LogP contribution in [0.2, 0.25) is 0 Å². The quantitative estimate of drug-likeness (QED) is 0.690. The monoisotopic (exact) mass is 304 g/mol. The van der Waals surface area contributed by atoms with Gasteiger partial charge in [-0.15, -0.1) is 0 Å². The molecule has 1 saturated heterocycles. The molecule has 22 heavy (non-hydrogen) atoms. The number of hydrogen-bond acceptors (Lipinski definition) is 4. The fourth-order valence-corrected chi connectivity index (χ4v) is 3.03. The van der Waals surface area contributed by atoms with Crippen LogP contribution in [-0.4, -0.2) is 50.0 Å². The largest absolute Gasteiger partial charge is 0.493 e. The molecule has 0 amide bonds. The molecule has 122 valence electrons. The molecule has 0 unspecified atom stereocenters. The molecule has 1 aromatic carbocycles. The van der Waals surface area contributed by atoms with E-state index in [0.29, 0.717) is 18.7 Å². The highest BCUT2D eigenvalue weighted by molar-refractivity contribution is 6.00. The lowest BCUT2D eigenvalue weighted by molar-refractivity contribution is 0.0941. The average molecular weight is 304 g/mol. The Morgan fingerprint density at radius 1 is 1.18 bits per heavy atom. The topological polar surface area (TPSA) is 32.8 Å². The number of rotatable bonds is 8. The Kier molecular flexibility index (Phi) is 6.25. The molecule has 1 aliphatic heterocycles. The smallest absolute Gasteiger partial charge is 0.180 e. The number of anilines is 1. The van der Waals surface area contributed by atoms with Crippen molar-refractivity contribution < 1.29 is 9.53 Å². The predicted molar refractivity (Wildman–Crippen MR) is 91.2 cm³/mol. The van der Waals surface area contributed by atoms with Crippen molar-refractivity contribution in [1.82, 2.24) is 4.90 Å². The zero-order chi connectivity index (χ0) is 15.9. The number of ether oxygens (including phenoxy) is 1. The minimum Gasteiger partial charge on any atom is -0.493 e. The van der Waals surface area contributed by atoms with E-state index in [-0.39, 0.29) is 5.78 Å². The Labute approximate surface area is 134 Å². The van der Waals surface area contributed by atoms with Gasteiger partial charge in [0.2, 0.25) is 0 Å². The molecule has 1 heterocycles. The van der Waals surface area contributed by atoms with Gasteiger partial charge in [-0.25, -0.2) is 0 Å². The molecule has 0 aromatic heterocycles. The number of carbonyl (C=O) groups is 1. The van der Waals surface area contributed by atoms with Crippen LogP contribution >= 0.6 is 0 Å². The molecule has 0 saturated carbocycles. The maximum absolute atomic E-state index is 12.6. The van der Waals surface area contributed by atoms with Gasteiger partial charge in [-0.05, 0) is 58.8 Å². The number of ketones is 1. The maximum Gasteiger partial charge on any atom is 0.180 e. The third-order valence-corrected chi connectivity index (χ3v) is 4.26. The summed E-state index contributed by atoms with van der Waals surface area (Å²) in [7, 11) is 0. The lowest BCUT2D eigenvalue weighted by Crippen LogP contribution is -2.27. The maximum atomic E-state index is 12.6. The average Bonchev–Trinajstić information content (AvgIpc) is 3.02. The summed E-state index contributed by atoms with van der Waals surface area (Å²) in [5, 5.41) is 0. The van der Waals surface area contributed by atoms with Gasteiger partial charge in [0.25, 0.3) is 0 Å². The molecular weight excluding hydrogens is 276 g/mol. The summed E-state index contributed by atoms with van der Waals surface area (Å²) in [6.45, 7) is 11.3. The molecule has 0 aliphatic carbocycles. The first-order valence-electron chi connectivity index (χ1n) is 8.46. The number of carbonyl (C=O) groups excluding carboxylic acids is 1. The minimum atomic E-state index is 0.163. The number of nitrogens with zero attached hydrogens (tertiary/aromatic N) is 2. The SMILES string of the molecule is CCOc1cc(N(CC)CC)ccc1C(=O)CN1CCCC1. The van der Waals surface area contributed by atoms with Gasteiger partial charge in [-0.2, -0.15) is 0 Å². The van der Waals surface area contributed by atoms with Gasteiger partial charge >= 0.3 is 0 Å². The zero-order valence-electron chi connectivity index (χ0n) is 14.1. The highest BCUT2D eigenvalue weighted by Crippen LogP contribution is 2.27. The van der Waals surface area contributed by atoms with Crippen molar-refractivity contribution in [1.29, 1.82) is 0 Å². The van der Waals surface area contributed by atoms with Crippen LogP contribution in [0, 0.1) is 0 Å². The van der Waals surface area contributed by atoms with Crippen LogP contribution in [-0.2, 0) is 0 Å². The summed E-state index contributed by atoms with van der Waals surface area (Å²) >= 11 is 0. The first-order valence-corrected chi connectivity index (χ1v) is 8.46. The van der Waals surface area contributed by atoms with E-state index >= 15 is 0 Å². The van der Waals surface area contributed by atoms with E-state index in [0.717, 1.165) is 37.6 Å². The highest BCUT2D eigenvalue weighted by Gasteiger charge is 2.19. The third kappa shape index (κ3) is 4.01. The van der Waals surface area contributed by atoms with Crippen LogP contribution in [0.4, 0.5) is 5.69 Å². The van der Waals surface area contributed by atoms with Crippen LogP contribution in [0.3, 0.4) is 0 Å². The summed E-state index contributed by atoms with van der Waals surface area (Å²) in [5.41, 5.74) is 1.83. The molecule has 1 aromatic rings. The molecule has 0 bridgehead atoms. The molecule has 4 nitrogen and oxygen atoms in total. The van der Waals surface area contributed by atoms with Crippen molar-refractivity contribution in [3.8, 4) is 5.75 Å². The van der Waals surface area contributed by atoms with E-state index in [1.54, 1.807) is 0 Å². The first kappa shape index (κ1) is 16.8. The lowest BCUT2D eigenvalue weighted by atomic mass is 10.1. The van der Waals surface area contributed by atoms with Crippen LogP contribution in [0.1, 0.15) is 44.0 Å². The second-order valence-electron chi connectivity index (χ2n) is 5.69. The van der Waals surface area contributed by atoms with E-state index in [1.807, 2.05) is 25.1 Å².